The molecule has 0 atom stereocenters. The Hall–Kier alpha value is -3.61. The van der Waals surface area contributed by atoms with Gasteiger partial charge in [-0.05, 0) is 41.8 Å². The van der Waals surface area contributed by atoms with Crippen molar-refractivity contribution in [2.75, 3.05) is 26.1 Å². The third kappa shape index (κ3) is 5.93. The van der Waals surface area contributed by atoms with Crippen LogP contribution in [0.1, 0.15) is 21.6 Å². The minimum absolute atomic E-state index is 0.243. The average molecular weight is 392 g/mol. The number of hydrogen-bond acceptors (Lipinski definition) is 6. The molecule has 3 aromatic rings. The fourth-order valence-corrected chi connectivity index (χ4v) is 2.68. The summed E-state index contributed by atoms with van der Waals surface area (Å²) in [7, 11) is 3.27. The molecule has 0 bridgehead atoms. The van der Waals surface area contributed by atoms with Crippen LogP contribution in [0.2, 0.25) is 0 Å². The number of nitrogens with zero attached hydrogens (tertiary/aromatic N) is 2. The van der Waals surface area contributed by atoms with Gasteiger partial charge in [-0.15, -0.1) is 0 Å². The Kier molecular flexibility index (Phi) is 7.00. The van der Waals surface area contributed by atoms with Crippen LogP contribution in [0.4, 0.5) is 5.82 Å². The van der Waals surface area contributed by atoms with E-state index in [1.165, 1.54) is 6.20 Å². The van der Waals surface area contributed by atoms with Crippen LogP contribution in [-0.4, -0.2) is 36.6 Å². The van der Waals surface area contributed by atoms with Crippen LogP contribution in [0.15, 0.2) is 60.9 Å². The molecule has 2 N–H and O–H groups in total. The standard InChI is InChI=1S/C22H24N4O3/c1-28-18-7-3-16(4-8-18)11-12-23-22(27)20-14-26-21(15-24-20)25-13-17-5-9-19(29-2)10-6-17/h3-10,14-15H,11-13H2,1-2H3,(H,23,27)(H,25,26). The van der Waals surface area contributed by atoms with Gasteiger partial charge < -0.3 is 20.1 Å². The monoisotopic (exact) mass is 392 g/mol. The number of benzene rings is 2. The number of amides is 1. The van der Waals surface area contributed by atoms with Gasteiger partial charge in [0.05, 0.1) is 26.6 Å². The molecule has 150 valence electrons. The van der Waals surface area contributed by atoms with Crippen LogP contribution in [-0.2, 0) is 13.0 Å². The highest BCUT2D eigenvalue weighted by Gasteiger charge is 2.07. The predicted molar refractivity (Wildman–Crippen MR) is 111 cm³/mol. The SMILES string of the molecule is COc1ccc(CCNC(=O)c2cnc(NCc3ccc(OC)cc3)cn2)cc1. The zero-order chi connectivity index (χ0) is 20.5. The third-order valence-corrected chi connectivity index (χ3v) is 4.38. The lowest BCUT2D eigenvalue weighted by Crippen LogP contribution is -2.26. The maximum absolute atomic E-state index is 12.2. The Morgan fingerprint density at radius 3 is 2.03 bits per heavy atom. The molecule has 1 heterocycles. The zero-order valence-electron chi connectivity index (χ0n) is 16.5. The van der Waals surface area contributed by atoms with Gasteiger partial charge >= 0.3 is 0 Å². The van der Waals surface area contributed by atoms with E-state index in [4.69, 9.17) is 9.47 Å². The van der Waals surface area contributed by atoms with Crippen molar-refractivity contribution in [2.24, 2.45) is 0 Å². The molecule has 0 spiro atoms. The molecule has 3 rings (SSSR count). The number of methoxy groups -OCH3 is 2. The first-order valence-corrected chi connectivity index (χ1v) is 9.28. The van der Waals surface area contributed by atoms with Crippen molar-refractivity contribution in [3.63, 3.8) is 0 Å². The van der Waals surface area contributed by atoms with Crippen LogP contribution in [0.5, 0.6) is 11.5 Å². The van der Waals surface area contributed by atoms with E-state index in [9.17, 15) is 4.79 Å². The van der Waals surface area contributed by atoms with Crippen molar-refractivity contribution in [1.82, 2.24) is 15.3 Å². The van der Waals surface area contributed by atoms with Crippen molar-refractivity contribution in [3.8, 4) is 11.5 Å². The second kappa shape index (κ2) is 10.1. The predicted octanol–water partition coefficient (Wildman–Crippen LogP) is 3.08. The van der Waals surface area contributed by atoms with E-state index in [1.807, 2.05) is 48.5 Å². The van der Waals surface area contributed by atoms with Gasteiger partial charge in [0.2, 0.25) is 0 Å². The quantitative estimate of drug-likeness (QED) is 0.582. The van der Waals surface area contributed by atoms with Crippen LogP contribution in [0.25, 0.3) is 0 Å². The number of hydrogen-bond donors (Lipinski definition) is 2. The Morgan fingerprint density at radius 1 is 0.862 bits per heavy atom. The number of anilines is 1. The van der Waals surface area contributed by atoms with E-state index in [2.05, 4.69) is 20.6 Å². The Bertz CT molecular complexity index is 910. The summed E-state index contributed by atoms with van der Waals surface area (Å²) in [5, 5.41) is 6.04. The topological polar surface area (TPSA) is 85.4 Å². The molecule has 7 heteroatoms. The van der Waals surface area contributed by atoms with Crippen LogP contribution < -0.4 is 20.1 Å². The first kappa shape index (κ1) is 20.1. The van der Waals surface area contributed by atoms with Gasteiger partial charge in [-0.25, -0.2) is 9.97 Å². The number of carbonyl (C=O) groups excluding carboxylic acids is 1. The van der Waals surface area contributed by atoms with E-state index in [1.54, 1.807) is 20.4 Å². The molecule has 0 fully saturated rings. The second-order valence-electron chi connectivity index (χ2n) is 6.34. The Labute approximate surface area is 170 Å². The molecule has 0 saturated heterocycles. The zero-order valence-corrected chi connectivity index (χ0v) is 16.5. The molecule has 2 aromatic carbocycles. The largest absolute Gasteiger partial charge is 0.497 e. The number of aromatic nitrogens is 2. The van der Waals surface area contributed by atoms with Gasteiger partial charge in [0.15, 0.2) is 0 Å². The smallest absolute Gasteiger partial charge is 0.271 e. The maximum atomic E-state index is 12.2. The maximum Gasteiger partial charge on any atom is 0.271 e. The molecule has 1 amide bonds. The first-order valence-electron chi connectivity index (χ1n) is 9.28. The highest BCUT2D eigenvalue weighted by molar-refractivity contribution is 5.91. The summed E-state index contributed by atoms with van der Waals surface area (Å²) in [6, 6.07) is 15.5. The summed E-state index contributed by atoms with van der Waals surface area (Å²) in [5.41, 5.74) is 2.50. The highest BCUT2D eigenvalue weighted by Crippen LogP contribution is 2.13. The molecular weight excluding hydrogens is 368 g/mol. The van der Waals surface area contributed by atoms with Crippen molar-refractivity contribution in [3.05, 3.63) is 77.7 Å². The summed E-state index contributed by atoms with van der Waals surface area (Å²) in [6.45, 7) is 1.12. The summed E-state index contributed by atoms with van der Waals surface area (Å²) in [6.07, 6.45) is 3.76. The molecule has 1 aromatic heterocycles. The minimum atomic E-state index is -0.243. The lowest BCUT2D eigenvalue weighted by Gasteiger charge is -2.08. The minimum Gasteiger partial charge on any atom is -0.497 e. The van der Waals surface area contributed by atoms with E-state index in [0.29, 0.717) is 18.9 Å². The molecule has 0 aliphatic carbocycles. The number of nitrogens with one attached hydrogen (secondary N) is 2. The molecular formula is C22H24N4O3. The molecule has 0 aliphatic heterocycles. The van der Waals surface area contributed by atoms with Gasteiger partial charge in [0, 0.05) is 13.1 Å². The van der Waals surface area contributed by atoms with E-state index in [-0.39, 0.29) is 11.6 Å². The summed E-state index contributed by atoms with van der Waals surface area (Å²) in [5.74, 6) is 1.99. The lowest BCUT2D eigenvalue weighted by molar-refractivity contribution is 0.0949. The van der Waals surface area contributed by atoms with Crippen LogP contribution >= 0.6 is 0 Å². The van der Waals surface area contributed by atoms with Crippen molar-refractivity contribution >= 4 is 11.7 Å². The molecule has 0 radical (unpaired) electrons. The third-order valence-electron chi connectivity index (χ3n) is 4.38. The van der Waals surface area contributed by atoms with Gasteiger partial charge in [0.25, 0.3) is 5.91 Å². The molecule has 0 aliphatic rings. The summed E-state index contributed by atoms with van der Waals surface area (Å²) >= 11 is 0. The van der Waals surface area contributed by atoms with Crippen molar-refractivity contribution in [2.45, 2.75) is 13.0 Å². The van der Waals surface area contributed by atoms with Crippen LogP contribution in [0.3, 0.4) is 0 Å². The first-order chi connectivity index (χ1) is 14.2. The molecule has 0 saturated carbocycles. The molecule has 0 unspecified atom stereocenters. The second-order valence-corrected chi connectivity index (χ2v) is 6.34. The average Bonchev–Trinajstić information content (AvgIpc) is 2.78. The fourth-order valence-electron chi connectivity index (χ4n) is 2.68. The Balaban J connectivity index is 1.45. The number of ether oxygens (including phenoxy) is 2. The summed E-state index contributed by atoms with van der Waals surface area (Å²) < 4.78 is 10.3. The summed E-state index contributed by atoms with van der Waals surface area (Å²) in [4.78, 5) is 20.7. The normalized spacial score (nSPS) is 10.3. The Morgan fingerprint density at radius 2 is 1.48 bits per heavy atom. The van der Waals surface area contributed by atoms with Gasteiger partial charge in [-0.3, -0.25) is 4.79 Å². The molecule has 29 heavy (non-hydrogen) atoms. The van der Waals surface area contributed by atoms with Crippen molar-refractivity contribution < 1.29 is 14.3 Å². The van der Waals surface area contributed by atoms with Gasteiger partial charge in [-0.1, -0.05) is 24.3 Å². The van der Waals surface area contributed by atoms with Gasteiger partial charge in [-0.2, -0.15) is 0 Å². The van der Waals surface area contributed by atoms with Crippen molar-refractivity contribution in [1.29, 1.82) is 0 Å². The van der Waals surface area contributed by atoms with Gasteiger partial charge in [0.1, 0.15) is 23.0 Å². The molecule has 7 nitrogen and oxygen atoms in total. The van der Waals surface area contributed by atoms with E-state index < -0.39 is 0 Å². The van der Waals surface area contributed by atoms with E-state index >= 15 is 0 Å². The highest BCUT2D eigenvalue weighted by atomic mass is 16.5. The lowest BCUT2D eigenvalue weighted by atomic mass is 10.1. The van der Waals surface area contributed by atoms with E-state index in [0.717, 1.165) is 29.0 Å². The number of carbonyl (C=O) groups is 1. The fraction of sp³-hybridized carbons (Fsp3) is 0.227. The number of rotatable bonds is 9. The van der Waals surface area contributed by atoms with Crippen LogP contribution in [0, 0.1) is 0 Å².